The van der Waals surface area contributed by atoms with E-state index in [2.05, 4.69) is 10.3 Å². The topological polar surface area (TPSA) is 60.5 Å². The number of hydrogen-bond donors (Lipinski definition) is 1. The predicted octanol–water partition coefficient (Wildman–Crippen LogP) is 3.74. The zero-order valence-corrected chi connectivity index (χ0v) is 14.8. The highest BCUT2D eigenvalue weighted by atomic mass is 16.5. The molecule has 0 fully saturated rings. The number of rotatable bonds is 5. The van der Waals surface area contributed by atoms with Gasteiger partial charge in [-0.05, 0) is 41.8 Å². The molecule has 1 aliphatic rings. The van der Waals surface area contributed by atoms with Crippen molar-refractivity contribution in [2.24, 2.45) is 5.92 Å². The van der Waals surface area contributed by atoms with Crippen LogP contribution in [0.4, 0.5) is 0 Å². The highest BCUT2D eigenvalue weighted by Crippen LogP contribution is 2.27. The van der Waals surface area contributed by atoms with Crippen LogP contribution in [0.25, 0.3) is 0 Å². The van der Waals surface area contributed by atoms with Crippen molar-refractivity contribution in [2.45, 2.75) is 13.0 Å². The predicted molar refractivity (Wildman–Crippen MR) is 102 cm³/mol. The Hall–Kier alpha value is -3.34. The van der Waals surface area contributed by atoms with Crippen LogP contribution >= 0.6 is 0 Å². The van der Waals surface area contributed by atoms with Crippen LogP contribution in [-0.4, -0.2) is 17.5 Å². The molecule has 1 aromatic heterocycles. The van der Waals surface area contributed by atoms with Crippen LogP contribution < -0.4 is 14.8 Å². The summed E-state index contributed by atoms with van der Waals surface area (Å²) in [6, 6.07) is 21.0. The van der Waals surface area contributed by atoms with Gasteiger partial charge in [-0.3, -0.25) is 4.79 Å². The number of carbonyl (C=O) groups is 1. The van der Waals surface area contributed by atoms with E-state index in [-0.39, 0.29) is 11.8 Å². The molecule has 1 amide bonds. The molecule has 0 spiro atoms. The molecule has 0 radical (unpaired) electrons. The van der Waals surface area contributed by atoms with Gasteiger partial charge in [0.25, 0.3) is 0 Å². The maximum Gasteiger partial charge on any atom is 0.227 e. The van der Waals surface area contributed by atoms with E-state index in [0.717, 1.165) is 22.6 Å². The normalized spacial score (nSPS) is 15.3. The molecule has 1 N–H and O–H groups in total. The third-order valence-electron chi connectivity index (χ3n) is 4.48. The molecular weight excluding hydrogens is 340 g/mol. The van der Waals surface area contributed by atoms with Gasteiger partial charge < -0.3 is 14.8 Å². The Morgan fingerprint density at radius 3 is 2.81 bits per heavy atom. The number of benzene rings is 2. The van der Waals surface area contributed by atoms with Crippen LogP contribution in [0, 0.1) is 5.92 Å². The van der Waals surface area contributed by atoms with E-state index in [4.69, 9.17) is 9.47 Å². The van der Waals surface area contributed by atoms with Crippen molar-refractivity contribution in [3.63, 3.8) is 0 Å². The summed E-state index contributed by atoms with van der Waals surface area (Å²) in [4.78, 5) is 16.7. The van der Waals surface area contributed by atoms with E-state index in [1.807, 2.05) is 66.7 Å². The maximum absolute atomic E-state index is 12.5. The molecule has 136 valence electrons. The zero-order valence-electron chi connectivity index (χ0n) is 14.8. The molecular formula is C22H20N2O3. The summed E-state index contributed by atoms with van der Waals surface area (Å²) in [5, 5.41) is 2.99. The number of para-hydroxylation sites is 2. The summed E-state index contributed by atoms with van der Waals surface area (Å²) < 4.78 is 11.4. The molecule has 0 saturated carbocycles. The molecule has 2 aromatic carbocycles. The third kappa shape index (κ3) is 4.26. The second kappa shape index (κ2) is 7.91. The van der Waals surface area contributed by atoms with Gasteiger partial charge in [0.15, 0.2) is 0 Å². The molecule has 1 aliphatic heterocycles. The van der Waals surface area contributed by atoms with Crippen molar-refractivity contribution in [1.29, 1.82) is 0 Å². The largest absolute Gasteiger partial charge is 0.492 e. The first kappa shape index (κ1) is 17.1. The molecule has 0 saturated heterocycles. The Balaban J connectivity index is 1.35. The van der Waals surface area contributed by atoms with E-state index in [1.54, 1.807) is 6.20 Å². The fourth-order valence-electron chi connectivity index (χ4n) is 3.06. The first-order valence-corrected chi connectivity index (χ1v) is 8.94. The number of nitrogens with zero attached hydrogens (tertiary/aromatic N) is 1. The molecule has 5 nitrogen and oxygen atoms in total. The van der Waals surface area contributed by atoms with Gasteiger partial charge in [0.05, 0.1) is 5.92 Å². The Labute approximate surface area is 158 Å². The minimum Gasteiger partial charge on any atom is -0.492 e. The van der Waals surface area contributed by atoms with E-state index < -0.39 is 0 Å². The smallest absolute Gasteiger partial charge is 0.227 e. The number of fused-ring (bicyclic) bond motifs is 1. The van der Waals surface area contributed by atoms with E-state index in [9.17, 15) is 4.79 Å². The van der Waals surface area contributed by atoms with Gasteiger partial charge in [-0.25, -0.2) is 4.98 Å². The van der Waals surface area contributed by atoms with Gasteiger partial charge in [-0.2, -0.15) is 0 Å². The van der Waals surface area contributed by atoms with Crippen molar-refractivity contribution in [3.8, 4) is 17.4 Å². The summed E-state index contributed by atoms with van der Waals surface area (Å²) in [5.74, 6) is 1.92. The van der Waals surface area contributed by atoms with E-state index in [0.29, 0.717) is 25.5 Å². The lowest BCUT2D eigenvalue weighted by Gasteiger charge is -2.24. The van der Waals surface area contributed by atoms with Crippen LogP contribution in [0.1, 0.15) is 11.1 Å². The molecule has 2 heterocycles. The first-order valence-electron chi connectivity index (χ1n) is 8.94. The standard InChI is InChI=1S/C22H20N2O3/c25-22(18-13-17-6-4-5-9-20(17)26-15-18)24-14-16-10-11-23-21(12-16)27-19-7-2-1-3-8-19/h1-12,18H,13-15H2,(H,24,25)/t18-/m1/s1. The summed E-state index contributed by atoms with van der Waals surface area (Å²) >= 11 is 0. The van der Waals surface area contributed by atoms with Gasteiger partial charge in [0.1, 0.15) is 18.1 Å². The van der Waals surface area contributed by atoms with E-state index >= 15 is 0 Å². The molecule has 27 heavy (non-hydrogen) atoms. The molecule has 0 unspecified atom stereocenters. The van der Waals surface area contributed by atoms with Gasteiger partial charge in [0, 0.05) is 18.8 Å². The number of pyridine rings is 1. The fourth-order valence-corrected chi connectivity index (χ4v) is 3.06. The number of carbonyl (C=O) groups excluding carboxylic acids is 1. The minimum atomic E-state index is -0.179. The summed E-state index contributed by atoms with van der Waals surface area (Å²) in [6.45, 7) is 0.826. The van der Waals surface area contributed by atoms with Crippen molar-refractivity contribution < 1.29 is 14.3 Å². The first-order chi connectivity index (χ1) is 13.3. The summed E-state index contributed by atoms with van der Waals surface area (Å²) in [6.07, 6.45) is 2.38. The molecule has 0 aliphatic carbocycles. The molecule has 1 atom stereocenters. The number of nitrogens with one attached hydrogen (secondary N) is 1. The van der Waals surface area contributed by atoms with Crippen LogP contribution in [0.3, 0.4) is 0 Å². The van der Waals surface area contributed by atoms with Crippen molar-refractivity contribution in [1.82, 2.24) is 10.3 Å². The highest BCUT2D eigenvalue weighted by molar-refractivity contribution is 5.79. The SMILES string of the molecule is O=C(NCc1ccnc(Oc2ccccc2)c1)[C@H]1COc2ccccc2C1. The van der Waals surface area contributed by atoms with Gasteiger partial charge in [0.2, 0.25) is 11.8 Å². The average molecular weight is 360 g/mol. The lowest BCUT2D eigenvalue weighted by Crippen LogP contribution is -2.37. The number of aromatic nitrogens is 1. The minimum absolute atomic E-state index is 0.00755. The van der Waals surface area contributed by atoms with Gasteiger partial charge in [-0.1, -0.05) is 36.4 Å². The molecule has 0 bridgehead atoms. The Bertz CT molecular complexity index is 928. The summed E-state index contributed by atoms with van der Waals surface area (Å²) in [7, 11) is 0. The van der Waals surface area contributed by atoms with Crippen molar-refractivity contribution in [3.05, 3.63) is 84.1 Å². The van der Waals surface area contributed by atoms with Crippen LogP contribution in [0.15, 0.2) is 72.9 Å². The highest BCUT2D eigenvalue weighted by Gasteiger charge is 2.25. The lowest BCUT2D eigenvalue weighted by atomic mass is 9.96. The summed E-state index contributed by atoms with van der Waals surface area (Å²) in [5.41, 5.74) is 2.01. The third-order valence-corrected chi connectivity index (χ3v) is 4.48. The monoisotopic (exact) mass is 360 g/mol. The zero-order chi connectivity index (χ0) is 18.5. The van der Waals surface area contributed by atoms with Gasteiger partial charge in [-0.15, -0.1) is 0 Å². The van der Waals surface area contributed by atoms with Crippen molar-refractivity contribution >= 4 is 5.91 Å². The lowest BCUT2D eigenvalue weighted by molar-refractivity contribution is -0.126. The Morgan fingerprint density at radius 1 is 1.11 bits per heavy atom. The Morgan fingerprint density at radius 2 is 1.93 bits per heavy atom. The second-order valence-corrected chi connectivity index (χ2v) is 6.46. The molecule has 4 rings (SSSR count). The number of amides is 1. The van der Waals surface area contributed by atoms with Crippen LogP contribution in [0.5, 0.6) is 17.4 Å². The molecule has 5 heteroatoms. The molecule has 3 aromatic rings. The quantitative estimate of drug-likeness (QED) is 0.753. The number of hydrogen-bond acceptors (Lipinski definition) is 4. The second-order valence-electron chi connectivity index (χ2n) is 6.46. The van der Waals surface area contributed by atoms with Gasteiger partial charge >= 0.3 is 0 Å². The fraction of sp³-hybridized carbons (Fsp3) is 0.182. The van der Waals surface area contributed by atoms with Crippen molar-refractivity contribution in [2.75, 3.05) is 6.61 Å². The van der Waals surface area contributed by atoms with Crippen LogP contribution in [-0.2, 0) is 17.8 Å². The number of ether oxygens (including phenoxy) is 2. The van der Waals surface area contributed by atoms with Crippen LogP contribution in [0.2, 0.25) is 0 Å². The maximum atomic E-state index is 12.5. The average Bonchev–Trinajstić information content (AvgIpc) is 2.73. The van der Waals surface area contributed by atoms with E-state index in [1.165, 1.54) is 0 Å². The Kier molecular flexibility index (Phi) is 5.01.